The summed E-state index contributed by atoms with van der Waals surface area (Å²) in [4.78, 5) is 21.9. The highest BCUT2D eigenvalue weighted by Crippen LogP contribution is 2.20. The van der Waals surface area contributed by atoms with Gasteiger partial charge in [-0.1, -0.05) is 6.92 Å². The summed E-state index contributed by atoms with van der Waals surface area (Å²) in [6, 6.07) is 0. The Morgan fingerprint density at radius 3 is 2.18 bits per heavy atom. The van der Waals surface area contributed by atoms with Crippen molar-refractivity contribution >= 4 is 5.91 Å². The van der Waals surface area contributed by atoms with Crippen molar-refractivity contribution in [3.63, 3.8) is 0 Å². The first-order chi connectivity index (χ1) is 10.7. The van der Waals surface area contributed by atoms with E-state index in [4.69, 9.17) is 0 Å². The molecule has 22 heavy (non-hydrogen) atoms. The molecular formula is C17H32N4O. The van der Waals surface area contributed by atoms with Crippen molar-refractivity contribution in [3.05, 3.63) is 0 Å². The van der Waals surface area contributed by atoms with Gasteiger partial charge in [0.25, 0.3) is 0 Å². The van der Waals surface area contributed by atoms with E-state index < -0.39 is 0 Å². The van der Waals surface area contributed by atoms with Gasteiger partial charge in [-0.05, 0) is 45.4 Å². The summed E-state index contributed by atoms with van der Waals surface area (Å²) in [6.45, 7) is 13.0. The van der Waals surface area contributed by atoms with E-state index in [-0.39, 0.29) is 5.92 Å². The van der Waals surface area contributed by atoms with Gasteiger partial charge in [-0.25, -0.2) is 0 Å². The molecule has 1 amide bonds. The van der Waals surface area contributed by atoms with Gasteiger partial charge in [0.05, 0.1) is 5.92 Å². The molecule has 0 aromatic heterocycles. The van der Waals surface area contributed by atoms with Gasteiger partial charge in [0, 0.05) is 45.8 Å². The molecule has 3 fully saturated rings. The summed E-state index contributed by atoms with van der Waals surface area (Å²) in [5.74, 6) is 1.55. The first-order valence-corrected chi connectivity index (χ1v) is 9.07. The molecule has 0 aliphatic carbocycles. The molecule has 3 heterocycles. The van der Waals surface area contributed by atoms with Crippen LogP contribution in [0.25, 0.3) is 0 Å². The van der Waals surface area contributed by atoms with E-state index in [1.807, 2.05) is 0 Å². The highest BCUT2D eigenvalue weighted by Gasteiger charge is 2.35. The Kier molecular flexibility index (Phi) is 5.37. The normalized spacial score (nSPS) is 27.1. The molecule has 0 spiro atoms. The molecule has 3 saturated heterocycles. The first kappa shape index (κ1) is 16.2. The maximum absolute atomic E-state index is 12.4. The second kappa shape index (κ2) is 7.28. The highest BCUT2D eigenvalue weighted by molar-refractivity contribution is 5.80. The van der Waals surface area contributed by atoms with E-state index in [1.54, 1.807) is 0 Å². The SMILES string of the molecule is CCN1CC(C(=O)N2CCN(CC3CCN(C)CC3)CC2)C1. The van der Waals surface area contributed by atoms with E-state index in [0.29, 0.717) is 5.91 Å². The third-order valence-electron chi connectivity index (χ3n) is 5.79. The maximum atomic E-state index is 12.4. The van der Waals surface area contributed by atoms with Crippen LogP contribution in [0.1, 0.15) is 19.8 Å². The number of likely N-dealkylation sites (tertiary alicyclic amines) is 2. The lowest BCUT2D eigenvalue weighted by molar-refractivity contribution is -0.142. The topological polar surface area (TPSA) is 30.0 Å². The second-order valence-electron chi connectivity index (χ2n) is 7.42. The van der Waals surface area contributed by atoms with Gasteiger partial charge in [-0.3, -0.25) is 9.69 Å². The van der Waals surface area contributed by atoms with Crippen molar-refractivity contribution < 1.29 is 4.79 Å². The minimum atomic E-state index is 0.278. The number of amides is 1. The average molecular weight is 308 g/mol. The molecule has 3 rings (SSSR count). The van der Waals surface area contributed by atoms with Crippen LogP contribution in [-0.2, 0) is 4.79 Å². The number of hydrogen-bond donors (Lipinski definition) is 0. The number of rotatable bonds is 4. The average Bonchev–Trinajstić information content (AvgIpc) is 2.49. The van der Waals surface area contributed by atoms with Crippen LogP contribution in [0.2, 0.25) is 0 Å². The second-order valence-corrected chi connectivity index (χ2v) is 7.42. The molecule has 126 valence electrons. The Hall–Kier alpha value is -0.650. The predicted molar refractivity (Wildman–Crippen MR) is 88.8 cm³/mol. The van der Waals surface area contributed by atoms with Crippen LogP contribution >= 0.6 is 0 Å². The lowest BCUT2D eigenvalue weighted by atomic mass is 9.96. The molecule has 0 radical (unpaired) electrons. The van der Waals surface area contributed by atoms with Crippen molar-refractivity contribution in [3.8, 4) is 0 Å². The van der Waals surface area contributed by atoms with E-state index in [0.717, 1.165) is 51.7 Å². The van der Waals surface area contributed by atoms with Gasteiger partial charge < -0.3 is 14.7 Å². The number of carbonyl (C=O) groups is 1. The molecule has 3 aliphatic heterocycles. The van der Waals surface area contributed by atoms with Gasteiger partial charge in [0.2, 0.25) is 5.91 Å². The van der Waals surface area contributed by atoms with Crippen molar-refractivity contribution in [1.82, 2.24) is 19.6 Å². The van der Waals surface area contributed by atoms with Gasteiger partial charge in [-0.15, -0.1) is 0 Å². The van der Waals surface area contributed by atoms with Crippen LogP contribution < -0.4 is 0 Å². The summed E-state index contributed by atoms with van der Waals surface area (Å²) >= 11 is 0. The standard InChI is InChI=1S/C17H32N4O/c1-3-19-13-16(14-19)17(22)21-10-8-20(9-11-21)12-15-4-6-18(2)7-5-15/h15-16H,3-14H2,1-2H3. The van der Waals surface area contributed by atoms with Crippen molar-refractivity contribution in [2.75, 3.05) is 72.5 Å². The summed E-state index contributed by atoms with van der Waals surface area (Å²) < 4.78 is 0. The van der Waals surface area contributed by atoms with E-state index >= 15 is 0 Å². The smallest absolute Gasteiger partial charge is 0.228 e. The summed E-state index contributed by atoms with van der Waals surface area (Å²) in [6.07, 6.45) is 2.68. The fourth-order valence-corrected chi connectivity index (χ4v) is 4.00. The van der Waals surface area contributed by atoms with E-state index in [9.17, 15) is 4.79 Å². The number of carbonyl (C=O) groups excluding carboxylic acids is 1. The van der Waals surface area contributed by atoms with Crippen LogP contribution in [0.3, 0.4) is 0 Å². The Labute approximate surface area is 135 Å². The van der Waals surface area contributed by atoms with Crippen molar-refractivity contribution in [2.24, 2.45) is 11.8 Å². The quantitative estimate of drug-likeness (QED) is 0.753. The molecular weight excluding hydrogens is 276 g/mol. The van der Waals surface area contributed by atoms with Gasteiger partial charge in [0.15, 0.2) is 0 Å². The Bertz CT molecular complexity index is 367. The third-order valence-corrected chi connectivity index (χ3v) is 5.79. The molecule has 0 aromatic rings. The minimum absolute atomic E-state index is 0.278. The summed E-state index contributed by atoms with van der Waals surface area (Å²) in [7, 11) is 2.22. The van der Waals surface area contributed by atoms with E-state index in [1.165, 1.54) is 32.5 Å². The van der Waals surface area contributed by atoms with Crippen LogP contribution in [0.5, 0.6) is 0 Å². The fourth-order valence-electron chi connectivity index (χ4n) is 4.00. The zero-order chi connectivity index (χ0) is 15.5. The minimum Gasteiger partial charge on any atom is -0.340 e. The van der Waals surface area contributed by atoms with Crippen LogP contribution in [0.4, 0.5) is 0 Å². The van der Waals surface area contributed by atoms with Gasteiger partial charge in [-0.2, -0.15) is 0 Å². The Morgan fingerprint density at radius 2 is 1.59 bits per heavy atom. The molecule has 0 N–H and O–H groups in total. The number of hydrogen-bond acceptors (Lipinski definition) is 4. The van der Waals surface area contributed by atoms with Gasteiger partial charge >= 0.3 is 0 Å². The monoisotopic (exact) mass is 308 g/mol. The number of piperidine rings is 1. The third kappa shape index (κ3) is 3.81. The molecule has 5 heteroatoms. The zero-order valence-electron chi connectivity index (χ0n) is 14.3. The molecule has 3 aliphatic rings. The Morgan fingerprint density at radius 1 is 0.955 bits per heavy atom. The maximum Gasteiger partial charge on any atom is 0.228 e. The molecule has 0 unspecified atom stereocenters. The molecule has 0 saturated carbocycles. The van der Waals surface area contributed by atoms with Crippen LogP contribution in [0.15, 0.2) is 0 Å². The molecule has 0 aromatic carbocycles. The van der Waals surface area contributed by atoms with Crippen LogP contribution in [-0.4, -0.2) is 98.0 Å². The largest absolute Gasteiger partial charge is 0.340 e. The Balaban J connectivity index is 1.36. The molecule has 0 bridgehead atoms. The highest BCUT2D eigenvalue weighted by atomic mass is 16.2. The molecule has 0 atom stereocenters. The number of nitrogens with zero attached hydrogens (tertiary/aromatic N) is 4. The fraction of sp³-hybridized carbons (Fsp3) is 0.941. The summed E-state index contributed by atoms with van der Waals surface area (Å²) in [5.41, 5.74) is 0. The van der Waals surface area contributed by atoms with E-state index in [2.05, 4.69) is 33.6 Å². The van der Waals surface area contributed by atoms with Gasteiger partial charge in [0.1, 0.15) is 0 Å². The predicted octanol–water partition coefficient (Wildman–Crippen LogP) is 0.424. The number of piperazine rings is 1. The lowest BCUT2D eigenvalue weighted by Gasteiger charge is -2.43. The summed E-state index contributed by atoms with van der Waals surface area (Å²) in [5, 5.41) is 0. The van der Waals surface area contributed by atoms with Crippen molar-refractivity contribution in [1.29, 1.82) is 0 Å². The lowest BCUT2D eigenvalue weighted by Crippen LogP contribution is -2.58. The van der Waals surface area contributed by atoms with Crippen LogP contribution in [0, 0.1) is 11.8 Å². The van der Waals surface area contributed by atoms with Crippen molar-refractivity contribution in [2.45, 2.75) is 19.8 Å². The molecule has 5 nitrogen and oxygen atoms in total. The first-order valence-electron chi connectivity index (χ1n) is 9.07. The zero-order valence-corrected chi connectivity index (χ0v) is 14.3.